The van der Waals surface area contributed by atoms with Gasteiger partial charge in [0.2, 0.25) is 5.75 Å². The monoisotopic (exact) mass is 388 g/mol. The zero-order valence-electron chi connectivity index (χ0n) is 16.6. The molecule has 0 aliphatic heterocycles. The molecule has 0 atom stereocenters. The van der Waals surface area contributed by atoms with Crippen molar-refractivity contribution in [2.45, 2.75) is 6.42 Å². The molecule has 29 heavy (non-hydrogen) atoms. The number of ether oxygens (including phenoxy) is 3. The Labute approximate surface area is 169 Å². The van der Waals surface area contributed by atoms with Crippen LogP contribution in [0.1, 0.15) is 11.1 Å². The molecule has 0 aliphatic carbocycles. The number of H-pyrrole nitrogens is 1. The first kappa shape index (κ1) is 18.8. The van der Waals surface area contributed by atoms with E-state index in [1.165, 1.54) is 5.56 Å². The van der Waals surface area contributed by atoms with Gasteiger partial charge in [0.15, 0.2) is 17.1 Å². The van der Waals surface area contributed by atoms with Crippen molar-refractivity contribution >= 4 is 11.2 Å². The minimum absolute atomic E-state index is 0.549. The van der Waals surface area contributed by atoms with E-state index in [-0.39, 0.29) is 0 Å². The van der Waals surface area contributed by atoms with E-state index >= 15 is 0 Å². The zero-order chi connectivity index (χ0) is 20.2. The van der Waals surface area contributed by atoms with Gasteiger partial charge in [0.25, 0.3) is 0 Å². The fraction of sp³-hybridized carbons (Fsp3) is 0.174. The first-order chi connectivity index (χ1) is 14.2. The van der Waals surface area contributed by atoms with E-state index in [1.807, 2.05) is 36.5 Å². The number of aromatic amines is 1. The highest BCUT2D eigenvalue weighted by molar-refractivity contribution is 5.79. The Morgan fingerprint density at radius 1 is 0.966 bits per heavy atom. The van der Waals surface area contributed by atoms with Gasteiger partial charge in [-0.25, -0.2) is 9.97 Å². The molecule has 4 aromatic rings. The van der Waals surface area contributed by atoms with E-state index in [4.69, 9.17) is 19.2 Å². The van der Waals surface area contributed by atoms with Gasteiger partial charge in [-0.2, -0.15) is 0 Å². The predicted octanol–water partition coefficient (Wildman–Crippen LogP) is 4.45. The van der Waals surface area contributed by atoms with Crippen LogP contribution in [0.15, 0.2) is 54.9 Å². The van der Waals surface area contributed by atoms with Crippen LogP contribution in [0.25, 0.3) is 22.4 Å². The summed E-state index contributed by atoms with van der Waals surface area (Å²) < 4.78 is 16.3. The van der Waals surface area contributed by atoms with Crippen molar-refractivity contribution in [3.05, 3.63) is 72.4 Å². The summed E-state index contributed by atoms with van der Waals surface area (Å²) in [6, 6.07) is 14.0. The first-order valence-corrected chi connectivity index (χ1v) is 9.25. The topological polar surface area (TPSA) is 69.3 Å². The molecule has 2 heterocycles. The van der Waals surface area contributed by atoms with Crippen molar-refractivity contribution in [3.8, 4) is 28.5 Å². The molecule has 0 saturated heterocycles. The summed E-state index contributed by atoms with van der Waals surface area (Å²) in [7, 11) is 4.78. The number of methoxy groups -OCH3 is 3. The van der Waals surface area contributed by atoms with E-state index in [0.717, 1.165) is 34.4 Å². The molecule has 147 valence electrons. The molecule has 1 N–H and O–H groups in total. The standard InChI is InChI=1S/C23H22N3O3/c1-27-19-11-17(12-20(28-2)22(19)29-3)18-14-25-23-21(26-18)16(13-24-23)10-9-15-7-5-4-6-8-15/h4-9,11-14H,10H2,1-3H3,(H,24,25). The van der Waals surface area contributed by atoms with Gasteiger partial charge in [-0.15, -0.1) is 0 Å². The number of hydrogen-bond donors (Lipinski definition) is 1. The third-order valence-corrected chi connectivity index (χ3v) is 4.78. The van der Waals surface area contributed by atoms with Gasteiger partial charge in [-0.1, -0.05) is 30.3 Å². The Morgan fingerprint density at radius 2 is 1.69 bits per heavy atom. The average molecular weight is 388 g/mol. The average Bonchev–Trinajstić information content (AvgIpc) is 3.19. The van der Waals surface area contributed by atoms with Crippen molar-refractivity contribution < 1.29 is 14.2 Å². The van der Waals surface area contributed by atoms with Gasteiger partial charge >= 0.3 is 0 Å². The molecule has 0 saturated carbocycles. The van der Waals surface area contributed by atoms with Gasteiger partial charge in [-0.3, -0.25) is 0 Å². The lowest BCUT2D eigenvalue weighted by molar-refractivity contribution is 0.324. The molecule has 6 nitrogen and oxygen atoms in total. The first-order valence-electron chi connectivity index (χ1n) is 9.25. The lowest BCUT2D eigenvalue weighted by Crippen LogP contribution is -1.97. The fourth-order valence-electron chi connectivity index (χ4n) is 3.28. The van der Waals surface area contributed by atoms with Crippen LogP contribution in [0.2, 0.25) is 0 Å². The third kappa shape index (κ3) is 3.74. The second-order valence-electron chi connectivity index (χ2n) is 6.50. The van der Waals surface area contributed by atoms with Gasteiger partial charge in [0.05, 0.1) is 33.2 Å². The highest BCUT2D eigenvalue weighted by Crippen LogP contribution is 2.40. The molecule has 0 unspecified atom stereocenters. The molecule has 1 radical (unpaired) electrons. The molecular weight excluding hydrogens is 366 g/mol. The van der Waals surface area contributed by atoms with Gasteiger partial charge in [0.1, 0.15) is 5.52 Å². The van der Waals surface area contributed by atoms with Crippen molar-refractivity contribution in [1.82, 2.24) is 15.0 Å². The summed E-state index contributed by atoms with van der Waals surface area (Å²) in [5.74, 6) is 1.71. The summed E-state index contributed by atoms with van der Waals surface area (Å²) in [6.45, 7) is 0. The van der Waals surface area contributed by atoms with Crippen LogP contribution >= 0.6 is 0 Å². The number of fused-ring (bicyclic) bond motifs is 1. The lowest BCUT2D eigenvalue weighted by atomic mass is 10.1. The Hall–Kier alpha value is -3.54. The summed E-state index contributed by atoms with van der Waals surface area (Å²) in [6.07, 6.45) is 6.64. The number of nitrogens with one attached hydrogen (secondary N) is 1. The summed E-state index contributed by atoms with van der Waals surface area (Å²) >= 11 is 0. The van der Waals surface area contributed by atoms with Gasteiger partial charge < -0.3 is 19.2 Å². The highest BCUT2D eigenvalue weighted by atomic mass is 16.5. The Kier molecular flexibility index (Phi) is 5.33. The van der Waals surface area contributed by atoms with Crippen molar-refractivity contribution in [2.24, 2.45) is 0 Å². The zero-order valence-corrected chi connectivity index (χ0v) is 16.6. The normalized spacial score (nSPS) is 10.9. The number of rotatable bonds is 7. The quantitative estimate of drug-likeness (QED) is 0.507. The minimum Gasteiger partial charge on any atom is -0.493 e. The molecule has 0 bridgehead atoms. The van der Waals surface area contributed by atoms with E-state index < -0.39 is 0 Å². The predicted molar refractivity (Wildman–Crippen MR) is 113 cm³/mol. The Balaban J connectivity index is 1.70. The van der Waals surface area contributed by atoms with E-state index in [0.29, 0.717) is 17.2 Å². The number of hydrogen-bond acceptors (Lipinski definition) is 5. The third-order valence-electron chi connectivity index (χ3n) is 4.78. The summed E-state index contributed by atoms with van der Waals surface area (Å²) in [5, 5.41) is 0. The van der Waals surface area contributed by atoms with Crippen LogP contribution in [0.4, 0.5) is 0 Å². The highest BCUT2D eigenvalue weighted by Gasteiger charge is 2.16. The van der Waals surface area contributed by atoms with Crippen LogP contribution in [0.5, 0.6) is 17.2 Å². The van der Waals surface area contributed by atoms with Crippen molar-refractivity contribution in [1.29, 1.82) is 0 Å². The molecule has 0 aliphatic rings. The Bertz CT molecular complexity index is 1100. The second-order valence-corrected chi connectivity index (χ2v) is 6.50. The molecular formula is C23H22N3O3. The van der Waals surface area contributed by atoms with Gasteiger partial charge in [-0.05, 0) is 36.1 Å². The number of nitrogens with zero attached hydrogens (tertiary/aromatic N) is 2. The SMILES string of the molecule is COc1cc(-c2cnc3[nH]cc(C[CH]c4ccccc4)c3n2)cc(OC)c1OC. The number of aromatic nitrogens is 3. The second kappa shape index (κ2) is 8.22. The summed E-state index contributed by atoms with van der Waals surface area (Å²) in [4.78, 5) is 12.6. The number of benzene rings is 2. The maximum Gasteiger partial charge on any atom is 0.203 e. The molecule has 0 spiro atoms. The van der Waals surface area contributed by atoms with Crippen LogP contribution in [-0.2, 0) is 6.42 Å². The smallest absolute Gasteiger partial charge is 0.203 e. The molecule has 0 amide bonds. The van der Waals surface area contributed by atoms with E-state index in [1.54, 1.807) is 27.5 Å². The van der Waals surface area contributed by atoms with Crippen LogP contribution in [0.3, 0.4) is 0 Å². The molecule has 4 rings (SSSR count). The van der Waals surface area contributed by atoms with E-state index in [9.17, 15) is 0 Å². The maximum absolute atomic E-state index is 5.46. The molecule has 0 fully saturated rings. The molecule has 2 aromatic carbocycles. The van der Waals surface area contributed by atoms with Crippen LogP contribution < -0.4 is 14.2 Å². The molecule has 2 aromatic heterocycles. The minimum atomic E-state index is 0.549. The largest absolute Gasteiger partial charge is 0.493 e. The maximum atomic E-state index is 5.46. The van der Waals surface area contributed by atoms with Crippen LogP contribution in [-0.4, -0.2) is 36.3 Å². The van der Waals surface area contributed by atoms with Crippen molar-refractivity contribution in [2.75, 3.05) is 21.3 Å². The van der Waals surface area contributed by atoms with Crippen molar-refractivity contribution in [3.63, 3.8) is 0 Å². The van der Waals surface area contributed by atoms with Crippen LogP contribution in [0, 0.1) is 6.42 Å². The fourth-order valence-corrected chi connectivity index (χ4v) is 3.28. The summed E-state index contributed by atoms with van der Waals surface area (Å²) in [5.41, 5.74) is 5.45. The van der Waals surface area contributed by atoms with Gasteiger partial charge in [0, 0.05) is 11.8 Å². The lowest BCUT2D eigenvalue weighted by Gasteiger charge is -2.14. The van der Waals surface area contributed by atoms with E-state index in [2.05, 4.69) is 28.5 Å². The molecule has 6 heteroatoms. The Morgan fingerprint density at radius 3 is 2.34 bits per heavy atom.